The van der Waals surface area contributed by atoms with Gasteiger partial charge in [0.15, 0.2) is 0 Å². The summed E-state index contributed by atoms with van der Waals surface area (Å²) in [6, 6.07) is 33.7. The van der Waals surface area contributed by atoms with Crippen LogP contribution in [-0.4, -0.2) is 14.5 Å². The highest BCUT2D eigenvalue weighted by Crippen LogP contribution is 2.35. The number of rotatable bonds is 6. The third-order valence-electron chi connectivity index (χ3n) is 6.65. The predicted molar refractivity (Wildman–Crippen MR) is 147 cm³/mol. The van der Waals surface area contributed by atoms with Gasteiger partial charge in [-0.1, -0.05) is 62.4 Å². The molecule has 0 fully saturated rings. The first kappa shape index (κ1) is 22.1. The van der Waals surface area contributed by atoms with Crippen molar-refractivity contribution in [3.05, 3.63) is 115 Å². The van der Waals surface area contributed by atoms with Crippen LogP contribution in [0.1, 0.15) is 25.1 Å². The maximum Gasteiger partial charge on any atom is 0.219 e. The molecule has 0 saturated carbocycles. The van der Waals surface area contributed by atoms with Crippen LogP contribution in [-0.2, 0) is 12.8 Å². The molecule has 6 rings (SSSR count). The Morgan fingerprint density at radius 2 is 1.53 bits per heavy atom. The van der Waals surface area contributed by atoms with Gasteiger partial charge in [-0.25, -0.2) is 9.97 Å². The fraction of sp³-hybridized carbons (Fsp3) is 0.125. The van der Waals surface area contributed by atoms with Crippen molar-refractivity contribution >= 4 is 21.8 Å². The van der Waals surface area contributed by atoms with E-state index in [1.54, 1.807) is 6.20 Å². The van der Waals surface area contributed by atoms with Crippen molar-refractivity contribution in [1.82, 2.24) is 14.5 Å². The van der Waals surface area contributed by atoms with Crippen molar-refractivity contribution in [2.24, 2.45) is 0 Å². The first-order chi connectivity index (χ1) is 17.7. The van der Waals surface area contributed by atoms with Gasteiger partial charge in [0.1, 0.15) is 11.6 Å². The maximum atomic E-state index is 6.11. The molecule has 0 N–H and O–H groups in total. The minimum atomic E-state index is 0.615. The number of fused-ring (bicyclic) bond motifs is 3. The molecule has 0 aliphatic carbocycles. The summed E-state index contributed by atoms with van der Waals surface area (Å²) in [5.74, 6) is 2.33. The van der Waals surface area contributed by atoms with Crippen molar-refractivity contribution in [3.63, 3.8) is 0 Å². The van der Waals surface area contributed by atoms with Crippen LogP contribution in [0.5, 0.6) is 11.6 Å². The second-order valence-electron chi connectivity index (χ2n) is 8.91. The number of aromatic nitrogens is 3. The Hall–Kier alpha value is -4.44. The van der Waals surface area contributed by atoms with E-state index in [1.165, 1.54) is 16.3 Å². The van der Waals surface area contributed by atoms with Crippen LogP contribution < -0.4 is 4.74 Å². The SMILES string of the molecule is CCc1ccnc(Oc2cccc(-c3ccc4c5ccccc5n(-c5cccc(CC)n5)c4c3)c2)c1. The van der Waals surface area contributed by atoms with Crippen LogP contribution in [0, 0.1) is 0 Å². The van der Waals surface area contributed by atoms with Gasteiger partial charge in [0.2, 0.25) is 5.88 Å². The van der Waals surface area contributed by atoms with E-state index in [0.29, 0.717) is 5.88 Å². The van der Waals surface area contributed by atoms with E-state index in [9.17, 15) is 0 Å². The predicted octanol–water partition coefficient (Wildman–Crippen LogP) is 8.16. The Bertz CT molecular complexity index is 1700. The number of ether oxygens (including phenoxy) is 1. The Labute approximate surface area is 210 Å². The van der Waals surface area contributed by atoms with Crippen LogP contribution in [0.3, 0.4) is 0 Å². The lowest BCUT2D eigenvalue weighted by molar-refractivity contribution is 0.462. The van der Waals surface area contributed by atoms with Crippen LogP contribution in [0.15, 0.2) is 103 Å². The average Bonchev–Trinajstić information content (AvgIpc) is 3.27. The van der Waals surface area contributed by atoms with E-state index < -0.39 is 0 Å². The molecule has 0 aliphatic heterocycles. The highest BCUT2D eigenvalue weighted by atomic mass is 16.5. The fourth-order valence-electron chi connectivity index (χ4n) is 4.77. The normalized spacial score (nSPS) is 11.3. The Morgan fingerprint density at radius 1 is 0.694 bits per heavy atom. The largest absolute Gasteiger partial charge is 0.439 e. The standard InChI is InChI=1S/C32H27N3O/c1-3-22-17-18-33-32(19-22)36-26-11-7-9-23(20-26)24-15-16-28-27-12-5-6-13-29(27)35(30(28)21-24)31-14-8-10-25(4-2)34-31/h5-21H,3-4H2,1-2H3. The Balaban J connectivity index is 1.47. The second kappa shape index (κ2) is 9.31. The molecular weight excluding hydrogens is 442 g/mol. The van der Waals surface area contributed by atoms with Gasteiger partial charge in [-0.15, -0.1) is 0 Å². The zero-order chi connectivity index (χ0) is 24.5. The van der Waals surface area contributed by atoms with Crippen molar-refractivity contribution in [2.45, 2.75) is 26.7 Å². The van der Waals surface area contributed by atoms with Gasteiger partial charge in [0.25, 0.3) is 0 Å². The first-order valence-electron chi connectivity index (χ1n) is 12.5. The third-order valence-corrected chi connectivity index (χ3v) is 6.65. The molecule has 0 amide bonds. The molecule has 0 unspecified atom stereocenters. The first-order valence-corrected chi connectivity index (χ1v) is 12.5. The lowest BCUT2D eigenvalue weighted by Gasteiger charge is -2.10. The number of para-hydroxylation sites is 1. The van der Waals surface area contributed by atoms with E-state index in [-0.39, 0.29) is 0 Å². The Morgan fingerprint density at radius 3 is 2.42 bits per heavy atom. The fourth-order valence-corrected chi connectivity index (χ4v) is 4.77. The number of hydrogen-bond donors (Lipinski definition) is 0. The lowest BCUT2D eigenvalue weighted by Crippen LogP contribution is -1.99. The molecule has 0 atom stereocenters. The van der Waals surface area contributed by atoms with Crippen molar-refractivity contribution < 1.29 is 4.74 Å². The quantitative estimate of drug-likeness (QED) is 0.247. The molecule has 3 aromatic carbocycles. The van der Waals surface area contributed by atoms with E-state index in [4.69, 9.17) is 9.72 Å². The van der Waals surface area contributed by atoms with E-state index >= 15 is 0 Å². The minimum absolute atomic E-state index is 0.615. The molecule has 3 heterocycles. The topological polar surface area (TPSA) is 39.9 Å². The van der Waals surface area contributed by atoms with Crippen LogP contribution in [0.4, 0.5) is 0 Å². The zero-order valence-corrected chi connectivity index (χ0v) is 20.5. The van der Waals surface area contributed by atoms with Crippen molar-refractivity contribution in [3.8, 4) is 28.6 Å². The maximum absolute atomic E-state index is 6.11. The molecule has 3 aromatic heterocycles. The number of hydrogen-bond acceptors (Lipinski definition) is 3. The van der Waals surface area contributed by atoms with Gasteiger partial charge in [0.05, 0.1) is 11.0 Å². The zero-order valence-electron chi connectivity index (χ0n) is 20.5. The molecule has 0 radical (unpaired) electrons. The summed E-state index contributed by atoms with van der Waals surface area (Å²) < 4.78 is 8.38. The van der Waals surface area contributed by atoms with Crippen LogP contribution in [0.25, 0.3) is 38.8 Å². The van der Waals surface area contributed by atoms with Gasteiger partial charge in [-0.05, 0) is 72.0 Å². The Kier molecular flexibility index (Phi) is 5.70. The molecule has 4 heteroatoms. The number of benzene rings is 3. The summed E-state index contributed by atoms with van der Waals surface area (Å²) in [5.41, 5.74) is 6.80. The minimum Gasteiger partial charge on any atom is -0.439 e. The average molecular weight is 470 g/mol. The summed E-state index contributed by atoms with van der Waals surface area (Å²) in [6.45, 7) is 4.27. The molecule has 0 bridgehead atoms. The van der Waals surface area contributed by atoms with E-state index in [1.807, 2.05) is 24.3 Å². The van der Waals surface area contributed by atoms with E-state index in [2.05, 4.69) is 96.2 Å². The molecule has 176 valence electrons. The summed E-state index contributed by atoms with van der Waals surface area (Å²) in [4.78, 5) is 9.32. The highest BCUT2D eigenvalue weighted by molar-refractivity contribution is 6.10. The van der Waals surface area contributed by atoms with Gasteiger partial charge >= 0.3 is 0 Å². The molecule has 0 saturated heterocycles. The number of nitrogens with zero attached hydrogens (tertiary/aromatic N) is 3. The van der Waals surface area contributed by atoms with Gasteiger partial charge < -0.3 is 4.74 Å². The summed E-state index contributed by atoms with van der Waals surface area (Å²) in [7, 11) is 0. The molecule has 6 aromatic rings. The molecule has 36 heavy (non-hydrogen) atoms. The summed E-state index contributed by atoms with van der Waals surface area (Å²) in [6.07, 6.45) is 3.65. The van der Waals surface area contributed by atoms with Crippen LogP contribution in [0.2, 0.25) is 0 Å². The lowest BCUT2D eigenvalue weighted by atomic mass is 10.0. The van der Waals surface area contributed by atoms with Crippen molar-refractivity contribution in [1.29, 1.82) is 0 Å². The molecule has 0 aliphatic rings. The van der Waals surface area contributed by atoms with Crippen LogP contribution >= 0.6 is 0 Å². The summed E-state index contributed by atoms with van der Waals surface area (Å²) in [5, 5.41) is 2.44. The van der Waals surface area contributed by atoms with Gasteiger partial charge in [0, 0.05) is 28.7 Å². The number of pyridine rings is 2. The van der Waals surface area contributed by atoms with Crippen molar-refractivity contribution in [2.75, 3.05) is 0 Å². The van der Waals surface area contributed by atoms with Gasteiger partial charge in [-0.3, -0.25) is 4.57 Å². The monoisotopic (exact) mass is 469 g/mol. The second-order valence-corrected chi connectivity index (χ2v) is 8.91. The molecule has 4 nitrogen and oxygen atoms in total. The van der Waals surface area contributed by atoms with E-state index in [0.717, 1.165) is 52.3 Å². The number of aryl methyl sites for hydroxylation is 2. The smallest absolute Gasteiger partial charge is 0.219 e. The summed E-state index contributed by atoms with van der Waals surface area (Å²) >= 11 is 0. The van der Waals surface area contributed by atoms with Gasteiger partial charge in [-0.2, -0.15) is 0 Å². The highest BCUT2D eigenvalue weighted by Gasteiger charge is 2.14. The molecule has 0 spiro atoms. The third kappa shape index (κ3) is 4.01. The molecular formula is C32H27N3O.